The van der Waals surface area contributed by atoms with Crippen LogP contribution in [0.25, 0.3) is 0 Å². The van der Waals surface area contributed by atoms with Gasteiger partial charge in [0.2, 0.25) is 11.8 Å². The molecular formula is C18H32N4O2. The van der Waals surface area contributed by atoms with Gasteiger partial charge in [0, 0.05) is 5.70 Å². The minimum absolute atomic E-state index is 0.0369. The Kier molecular flexibility index (Phi) is 6.66. The lowest BCUT2D eigenvalue weighted by Crippen LogP contribution is -2.55. The van der Waals surface area contributed by atoms with Crippen LogP contribution in [0.5, 0.6) is 0 Å². The monoisotopic (exact) mass is 336 g/mol. The van der Waals surface area contributed by atoms with Crippen molar-refractivity contribution in [2.45, 2.75) is 71.5 Å². The Hall–Kier alpha value is -1.56. The Balaban J connectivity index is 1.99. The summed E-state index contributed by atoms with van der Waals surface area (Å²) in [6, 6.07) is -0.180. The standard InChI is InChI=1S/C18H32N4O2/c1-4-5-9-14-12(2)15(16(19)23)17(20-14)21-18(24)13(3)22-10-7-6-8-11-22/h13,15,17,20H,4-11H2,1-3H3,(H2,19,23)(H,21,24). The maximum Gasteiger partial charge on any atom is 0.238 e. The fourth-order valence-corrected chi connectivity index (χ4v) is 3.69. The van der Waals surface area contributed by atoms with Crippen LogP contribution in [-0.4, -0.2) is 42.0 Å². The van der Waals surface area contributed by atoms with E-state index in [0.29, 0.717) is 0 Å². The van der Waals surface area contributed by atoms with Crippen molar-refractivity contribution in [1.82, 2.24) is 15.5 Å². The molecule has 6 nitrogen and oxygen atoms in total. The summed E-state index contributed by atoms with van der Waals surface area (Å²) in [5.41, 5.74) is 7.61. The molecule has 136 valence electrons. The zero-order chi connectivity index (χ0) is 17.7. The maximum atomic E-state index is 12.6. The molecule has 6 heteroatoms. The van der Waals surface area contributed by atoms with Gasteiger partial charge in [0.1, 0.15) is 6.17 Å². The van der Waals surface area contributed by atoms with E-state index in [2.05, 4.69) is 22.5 Å². The summed E-state index contributed by atoms with van der Waals surface area (Å²) in [6.45, 7) is 7.94. The highest BCUT2D eigenvalue weighted by molar-refractivity contribution is 5.85. The second-order valence-corrected chi connectivity index (χ2v) is 7.05. The molecule has 0 saturated carbocycles. The molecule has 2 amide bonds. The number of allylic oxidation sites excluding steroid dienone is 1. The topological polar surface area (TPSA) is 87.5 Å². The van der Waals surface area contributed by atoms with Crippen molar-refractivity contribution in [3.05, 3.63) is 11.3 Å². The Morgan fingerprint density at radius 1 is 1.33 bits per heavy atom. The van der Waals surface area contributed by atoms with E-state index in [0.717, 1.165) is 56.5 Å². The molecule has 2 rings (SSSR count). The van der Waals surface area contributed by atoms with Gasteiger partial charge in [0.15, 0.2) is 0 Å². The van der Waals surface area contributed by atoms with E-state index in [9.17, 15) is 9.59 Å². The summed E-state index contributed by atoms with van der Waals surface area (Å²) >= 11 is 0. The number of hydrogen-bond acceptors (Lipinski definition) is 4. The van der Waals surface area contributed by atoms with Gasteiger partial charge in [-0.05, 0) is 58.2 Å². The number of likely N-dealkylation sites (tertiary alicyclic amines) is 1. The number of rotatable bonds is 7. The van der Waals surface area contributed by atoms with Crippen LogP contribution in [0.4, 0.5) is 0 Å². The molecule has 1 saturated heterocycles. The normalized spacial score (nSPS) is 26.1. The van der Waals surface area contributed by atoms with Crippen LogP contribution in [0.3, 0.4) is 0 Å². The average Bonchev–Trinajstić information content (AvgIpc) is 2.88. The van der Waals surface area contributed by atoms with Crippen LogP contribution in [0.1, 0.15) is 59.3 Å². The molecule has 0 radical (unpaired) electrons. The molecule has 1 fully saturated rings. The number of carbonyl (C=O) groups excluding carboxylic acids is 2. The predicted molar refractivity (Wildman–Crippen MR) is 94.9 cm³/mol. The van der Waals surface area contributed by atoms with Crippen LogP contribution in [0.2, 0.25) is 0 Å². The van der Waals surface area contributed by atoms with Gasteiger partial charge < -0.3 is 16.4 Å². The molecule has 0 bridgehead atoms. The SMILES string of the molecule is CCCCC1=C(C)C(C(N)=O)C(NC(=O)C(C)N2CCCCC2)N1. The number of amides is 2. The lowest BCUT2D eigenvalue weighted by Gasteiger charge is -2.32. The van der Waals surface area contributed by atoms with Gasteiger partial charge in [-0.2, -0.15) is 0 Å². The van der Waals surface area contributed by atoms with Gasteiger partial charge in [0.05, 0.1) is 12.0 Å². The molecule has 0 aromatic rings. The number of carbonyl (C=O) groups is 2. The number of hydrogen-bond donors (Lipinski definition) is 3. The lowest BCUT2D eigenvalue weighted by molar-refractivity contribution is -0.128. The van der Waals surface area contributed by atoms with Gasteiger partial charge in [-0.15, -0.1) is 0 Å². The fraction of sp³-hybridized carbons (Fsp3) is 0.778. The number of piperidine rings is 1. The number of nitrogens with two attached hydrogens (primary N) is 1. The third kappa shape index (κ3) is 4.29. The largest absolute Gasteiger partial charge is 0.369 e. The minimum Gasteiger partial charge on any atom is -0.369 e. The van der Waals surface area contributed by atoms with Gasteiger partial charge >= 0.3 is 0 Å². The van der Waals surface area contributed by atoms with Crippen LogP contribution >= 0.6 is 0 Å². The number of nitrogens with one attached hydrogen (secondary N) is 2. The van der Waals surface area contributed by atoms with Crippen LogP contribution in [0.15, 0.2) is 11.3 Å². The molecule has 2 aliphatic heterocycles. The number of unbranched alkanes of at least 4 members (excludes halogenated alkanes) is 1. The van der Waals surface area contributed by atoms with Gasteiger partial charge in [-0.25, -0.2) is 0 Å². The smallest absolute Gasteiger partial charge is 0.238 e. The second-order valence-electron chi connectivity index (χ2n) is 7.05. The Labute approximate surface area is 145 Å². The first kappa shape index (κ1) is 18.8. The summed E-state index contributed by atoms with van der Waals surface area (Å²) in [5, 5.41) is 6.33. The highest BCUT2D eigenvalue weighted by Gasteiger charge is 2.37. The molecule has 24 heavy (non-hydrogen) atoms. The summed E-state index contributed by atoms with van der Waals surface area (Å²) < 4.78 is 0. The summed E-state index contributed by atoms with van der Waals surface area (Å²) in [4.78, 5) is 26.7. The van der Waals surface area contributed by atoms with Crippen molar-refractivity contribution in [1.29, 1.82) is 0 Å². The van der Waals surface area contributed by atoms with E-state index in [-0.39, 0.29) is 17.9 Å². The third-order valence-electron chi connectivity index (χ3n) is 5.31. The van der Waals surface area contributed by atoms with E-state index >= 15 is 0 Å². The average molecular weight is 336 g/mol. The van der Waals surface area contributed by atoms with Crippen molar-refractivity contribution < 1.29 is 9.59 Å². The lowest BCUT2D eigenvalue weighted by atomic mass is 9.97. The summed E-state index contributed by atoms with van der Waals surface area (Å²) in [5.74, 6) is -0.887. The van der Waals surface area contributed by atoms with Gasteiger partial charge in [-0.1, -0.05) is 19.8 Å². The predicted octanol–water partition coefficient (Wildman–Crippen LogP) is 1.47. The summed E-state index contributed by atoms with van der Waals surface area (Å²) in [6.07, 6.45) is 6.13. The van der Waals surface area contributed by atoms with Gasteiger partial charge in [0.25, 0.3) is 0 Å². The molecule has 0 aromatic carbocycles. The first-order valence-corrected chi connectivity index (χ1v) is 9.25. The van der Waals surface area contributed by atoms with E-state index < -0.39 is 12.1 Å². The fourth-order valence-electron chi connectivity index (χ4n) is 3.69. The zero-order valence-electron chi connectivity index (χ0n) is 15.2. The highest BCUT2D eigenvalue weighted by Crippen LogP contribution is 2.27. The molecule has 2 heterocycles. The first-order valence-electron chi connectivity index (χ1n) is 9.25. The zero-order valence-corrected chi connectivity index (χ0v) is 15.2. The first-order chi connectivity index (χ1) is 11.5. The van der Waals surface area contributed by atoms with Crippen molar-refractivity contribution in [2.75, 3.05) is 13.1 Å². The molecule has 3 atom stereocenters. The Bertz CT molecular complexity index is 497. The Morgan fingerprint density at radius 3 is 2.58 bits per heavy atom. The quantitative estimate of drug-likeness (QED) is 0.657. The third-order valence-corrected chi connectivity index (χ3v) is 5.31. The van der Waals surface area contributed by atoms with Crippen molar-refractivity contribution >= 4 is 11.8 Å². The molecule has 3 unspecified atom stereocenters. The van der Waals surface area contributed by atoms with Crippen LogP contribution in [-0.2, 0) is 9.59 Å². The van der Waals surface area contributed by atoms with Crippen molar-refractivity contribution in [3.63, 3.8) is 0 Å². The minimum atomic E-state index is -0.464. The van der Waals surface area contributed by atoms with E-state index in [1.807, 2.05) is 13.8 Å². The molecule has 4 N–H and O–H groups in total. The Morgan fingerprint density at radius 2 is 2.00 bits per heavy atom. The number of nitrogens with zero attached hydrogens (tertiary/aromatic N) is 1. The molecule has 0 spiro atoms. The molecule has 0 aromatic heterocycles. The van der Waals surface area contributed by atoms with Crippen molar-refractivity contribution in [3.8, 4) is 0 Å². The van der Waals surface area contributed by atoms with Crippen LogP contribution < -0.4 is 16.4 Å². The number of primary amides is 1. The molecular weight excluding hydrogens is 304 g/mol. The summed E-state index contributed by atoms with van der Waals surface area (Å²) in [7, 11) is 0. The van der Waals surface area contributed by atoms with Gasteiger partial charge in [-0.3, -0.25) is 14.5 Å². The second kappa shape index (κ2) is 8.51. The van der Waals surface area contributed by atoms with E-state index in [1.165, 1.54) is 6.42 Å². The van der Waals surface area contributed by atoms with Crippen LogP contribution in [0, 0.1) is 5.92 Å². The van der Waals surface area contributed by atoms with E-state index in [1.54, 1.807) is 0 Å². The highest BCUT2D eigenvalue weighted by atomic mass is 16.2. The van der Waals surface area contributed by atoms with Crippen molar-refractivity contribution in [2.24, 2.45) is 11.7 Å². The molecule has 0 aliphatic carbocycles. The molecule has 2 aliphatic rings. The van der Waals surface area contributed by atoms with E-state index in [4.69, 9.17) is 5.73 Å². The maximum absolute atomic E-state index is 12.6.